The number of alkyl halides is 6. The summed E-state index contributed by atoms with van der Waals surface area (Å²) in [6.07, 6.45) is -9.68. The highest BCUT2D eigenvalue weighted by Gasteiger charge is 2.33. The highest BCUT2D eigenvalue weighted by Crippen LogP contribution is 2.30. The van der Waals surface area contributed by atoms with Crippen LogP contribution in [0, 0.1) is 0 Å². The van der Waals surface area contributed by atoms with Crippen LogP contribution in [0.4, 0.5) is 55.7 Å². The molecule has 0 radical (unpaired) electrons. The summed E-state index contributed by atoms with van der Waals surface area (Å²) in [6, 6.07) is 4.99. The number of aliphatic hydroxyl groups excluding tert-OH is 2. The fraction of sp³-hybridized carbons (Fsp3) is 0.278. The molecule has 0 saturated heterocycles. The average molecular weight is 490 g/mol. The van der Waals surface area contributed by atoms with E-state index in [-0.39, 0.29) is 35.9 Å². The van der Waals surface area contributed by atoms with Gasteiger partial charge in [0.15, 0.2) is 0 Å². The summed E-state index contributed by atoms with van der Waals surface area (Å²) in [7, 11) is 0. The van der Waals surface area contributed by atoms with E-state index >= 15 is 0 Å². The standard InChI is InChI=1S/C18H16F6N8O2/c19-17(20,21)11-2-1-3-13(28-11)29-16-31-14(26-7-10(34)8-33)30-15(32-16)27-9-4-5-25-12(6-9)18(22,23)24/h1-6,10,33-34H,7-8H2,(H3,25,26,27,28,29,30,31,32). The van der Waals surface area contributed by atoms with Gasteiger partial charge in [0.25, 0.3) is 0 Å². The van der Waals surface area contributed by atoms with Gasteiger partial charge in [-0.15, -0.1) is 0 Å². The van der Waals surface area contributed by atoms with E-state index in [1.807, 2.05) is 0 Å². The lowest BCUT2D eigenvalue weighted by atomic mass is 10.3. The van der Waals surface area contributed by atoms with E-state index < -0.39 is 36.5 Å². The molecule has 1 unspecified atom stereocenters. The second-order valence-electron chi connectivity index (χ2n) is 6.61. The van der Waals surface area contributed by atoms with Crippen molar-refractivity contribution >= 4 is 29.4 Å². The molecule has 34 heavy (non-hydrogen) atoms. The molecule has 0 aliphatic rings. The Balaban J connectivity index is 1.91. The Hall–Kier alpha value is -3.79. The predicted molar refractivity (Wildman–Crippen MR) is 106 cm³/mol. The second-order valence-corrected chi connectivity index (χ2v) is 6.61. The summed E-state index contributed by atoms with van der Waals surface area (Å²) in [5.74, 6) is -1.07. The van der Waals surface area contributed by atoms with Gasteiger partial charge in [-0.2, -0.15) is 41.3 Å². The second kappa shape index (κ2) is 10.0. The molecule has 10 nitrogen and oxygen atoms in total. The van der Waals surface area contributed by atoms with Crippen LogP contribution < -0.4 is 16.0 Å². The van der Waals surface area contributed by atoms with Crippen molar-refractivity contribution in [3.05, 3.63) is 47.9 Å². The first-order valence-electron chi connectivity index (χ1n) is 9.34. The molecule has 0 spiro atoms. The minimum Gasteiger partial charge on any atom is -0.394 e. The van der Waals surface area contributed by atoms with Crippen molar-refractivity contribution in [3.63, 3.8) is 0 Å². The van der Waals surface area contributed by atoms with Crippen LogP contribution in [-0.4, -0.2) is 54.4 Å². The van der Waals surface area contributed by atoms with Crippen molar-refractivity contribution in [2.24, 2.45) is 0 Å². The van der Waals surface area contributed by atoms with Crippen LogP contribution in [0.2, 0.25) is 0 Å². The number of anilines is 5. The quantitative estimate of drug-likeness (QED) is 0.299. The first-order valence-corrected chi connectivity index (χ1v) is 9.34. The van der Waals surface area contributed by atoms with Gasteiger partial charge in [0.1, 0.15) is 17.2 Å². The number of halogens is 6. The average Bonchev–Trinajstić information content (AvgIpc) is 2.76. The first-order chi connectivity index (χ1) is 15.9. The van der Waals surface area contributed by atoms with Crippen LogP contribution in [-0.2, 0) is 12.4 Å². The van der Waals surface area contributed by atoms with E-state index in [0.717, 1.165) is 18.3 Å². The maximum Gasteiger partial charge on any atom is 0.433 e. The third-order valence-electron chi connectivity index (χ3n) is 3.93. The largest absolute Gasteiger partial charge is 0.433 e. The van der Waals surface area contributed by atoms with Crippen molar-refractivity contribution in [1.29, 1.82) is 0 Å². The number of aromatic nitrogens is 5. The molecule has 0 bridgehead atoms. The molecule has 0 aliphatic heterocycles. The van der Waals surface area contributed by atoms with Crippen LogP contribution >= 0.6 is 0 Å². The molecule has 16 heteroatoms. The zero-order valence-electron chi connectivity index (χ0n) is 16.9. The van der Waals surface area contributed by atoms with E-state index in [9.17, 15) is 31.4 Å². The predicted octanol–water partition coefficient (Wildman–Crippen LogP) is 2.95. The molecule has 1 atom stereocenters. The van der Waals surface area contributed by atoms with Crippen LogP contribution in [0.1, 0.15) is 11.4 Å². The Morgan fingerprint density at radius 1 is 0.824 bits per heavy atom. The van der Waals surface area contributed by atoms with Gasteiger partial charge in [0.2, 0.25) is 17.8 Å². The van der Waals surface area contributed by atoms with E-state index in [4.69, 9.17) is 5.11 Å². The molecule has 3 aromatic heterocycles. The van der Waals surface area contributed by atoms with E-state index in [1.165, 1.54) is 12.1 Å². The molecule has 3 rings (SSSR count). The molecular weight excluding hydrogens is 474 g/mol. The van der Waals surface area contributed by atoms with Gasteiger partial charge in [-0.25, -0.2) is 4.98 Å². The summed E-state index contributed by atoms with van der Waals surface area (Å²) >= 11 is 0. The summed E-state index contributed by atoms with van der Waals surface area (Å²) in [4.78, 5) is 18.5. The smallest absolute Gasteiger partial charge is 0.394 e. The van der Waals surface area contributed by atoms with Crippen LogP contribution in [0.3, 0.4) is 0 Å². The van der Waals surface area contributed by atoms with Crippen molar-refractivity contribution in [3.8, 4) is 0 Å². The molecule has 0 fully saturated rings. The minimum atomic E-state index is -4.70. The van der Waals surface area contributed by atoms with Gasteiger partial charge in [-0.1, -0.05) is 6.07 Å². The number of aliphatic hydroxyl groups is 2. The molecule has 182 valence electrons. The van der Waals surface area contributed by atoms with Crippen molar-refractivity contribution in [2.45, 2.75) is 18.5 Å². The van der Waals surface area contributed by atoms with Crippen molar-refractivity contribution < 1.29 is 36.6 Å². The van der Waals surface area contributed by atoms with Gasteiger partial charge in [0.05, 0.1) is 12.7 Å². The number of rotatable bonds is 8. The third-order valence-corrected chi connectivity index (χ3v) is 3.93. The maximum absolute atomic E-state index is 12.9. The highest BCUT2D eigenvalue weighted by molar-refractivity contribution is 5.58. The molecule has 0 aliphatic carbocycles. The molecule has 0 saturated carbocycles. The molecule has 3 aromatic rings. The molecule has 0 amide bonds. The zero-order chi connectivity index (χ0) is 24.9. The third kappa shape index (κ3) is 6.85. The summed E-state index contributed by atoms with van der Waals surface area (Å²) in [5, 5.41) is 26.0. The minimum absolute atomic E-state index is 0.0852. The molecule has 5 N–H and O–H groups in total. The Morgan fingerprint density at radius 2 is 1.47 bits per heavy atom. The first kappa shape index (κ1) is 24.8. The van der Waals surface area contributed by atoms with Gasteiger partial charge in [-0.3, -0.25) is 4.98 Å². The maximum atomic E-state index is 12.9. The van der Waals surface area contributed by atoms with Crippen LogP contribution in [0.5, 0.6) is 0 Å². The number of hydrogen-bond donors (Lipinski definition) is 5. The Kier molecular flexibility index (Phi) is 7.31. The zero-order valence-corrected chi connectivity index (χ0v) is 16.9. The normalized spacial score (nSPS) is 12.8. The lowest BCUT2D eigenvalue weighted by Crippen LogP contribution is -2.24. The fourth-order valence-corrected chi connectivity index (χ4v) is 2.41. The highest BCUT2D eigenvalue weighted by atomic mass is 19.4. The number of nitrogens with one attached hydrogen (secondary N) is 3. The van der Waals surface area contributed by atoms with Gasteiger partial charge in [-0.05, 0) is 24.3 Å². The lowest BCUT2D eigenvalue weighted by molar-refractivity contribution is -0.141. The summed E-state index contributed by atoms with van der Waals surface area (Å²) < 4.78 is 77.5. The topological polar surface area (TPSA) is 141 Å². The summed E-state index contributed by atoms with van der Waals surface area (Å²) in [5.41, 5.74) is -2.44. The van der Waals surface area contributed by atoms with Crippen LogP contribution in [0.25, 0.3) is 0 Å². The Labute approximate surface area is 187 Å². The van der Waals surface area contributed by atoms with Crippen molar-refractivity contribution in [2.75, 3.05) is 29.1 Å². The Bertz CT molecular complexity index is 1050. The van der Waals surface area contributed by atoms with E-state index in [0.29, 0.717) is 6.07 Å². The number of hydrogen-bond acceptors (Lipinski definition) is 10. The Morgan fingerprint density at radius 3 is 2.12 bits per heavy atom. The van der Waals surface area contributed by atoms with E-state index in [2.05, 4.69) is 40.9 Å². The monoisotopic (exact) mass is 490 g/mol. The summed E-state index contributed by atoms with van der Waals surface area (Å²) in [6.45, 7) is -0.797. The molecule has 0 aromatic carbocycles. The lowest BCUT2D eigenvalue weighted by Gasteiger charge is -2.13. The number of pyridine rings is 2. The van der Waals surface area contributed by atoms with Gasteiger partial charge in [0, 0.05) is 18.4 Å². The van der Waals surface area contributed by atoms with Gasteiger partial charge < -0.3 is 26.2 Å². The number of nitrogens with zero attached hydrogens (tertiary/aromatic N) is 5. The SMILES string of the molecule is OCC(O)CNc1nc(Nc2ccnc(C(F)(F)F)c2)nc(Nc2cccc(C(F)(F)F)n2)n1. The van der Waals surface area contributed by atoms with E-state index in [1.54, 1.807) is 0 Å². The molecule has 3 heterocycles. The molecular formula is C18H16F6N8O2. The van der Waals surface area contributed by atoms with Crippen LogP contribution in [0.15, 0.2) is 36.5 Å². The van der Waals surface area contributed by atoms with Crippen molar-refractivity contribution in [1.82, 2.24) is 24.9 Å². The van der Waals surface area contributed by atoms with Gasteiger partial charge >= 0.3 is 12.4 Å². The fourth-order valence-electron chi connectivity index (χ4n) is 2.41.